The van der Waals surface area contributed by atoms with Crippen molar-refractivity contribution in [3.63, 3.8) is 0 Å². The van der Waals surface area contributed by atoms with Crippen molar-refractivity contribution in [2.24, 2.45) is 0 Å². The number of ether oxygens (including phenoxy) is 2. The highest BCUT2D eigenvalue weighted by Crippen LogP contribution is 2.37. The first-order valence-electron chi connectivity index (χ1n) is 2.96. The van der Waals surface area contributed by atoms with Crippen LogP contribution >= 0.6 is 0 Å². The van der Waals surface area contributed by atoms with E-state index in [-0.39, 0.29) is 0 Å². The predicted octanol–water partition coefficient (Wildman–Crippen LogP) is 1.62. The van der Waals surface area contributed by atoms with Crippen molar-refractivity contribution in [3.05, 3.63) is 0 Å². The van der Waals surface area contributed by atoms with Gasteiger partial charge in [0.1, 0.15) is 0 Å². The van der Waals surface area contributed by atoms with Crippen LogP contribution < -0.4 is 0 Å². The molecule has 0 aromatic rings. The van der Waals surface area contributed by atoms with Gasteiger partial charge in [0.05, 0.1) is 0 Å². The van der Waals surface area contributed by atoms with E-state index in [0.717, 1.165) is 6.92 Å². The minimum absolute atomic E-state index is 0.949. The summed E-state index contributed by atoms with van der Waals surface area (Å²) < 4.78 is 21.8. The number of rotatable bonds is 0. The Kier molecular flexibility index (Phi) is 1.18. The van der Waals surface area contributed by atoms with E-state index in [0.29, 0.717) is 0 Å². The largest absolute Gasteiger partial charge is 0.511 e. The van der Waals surface area contributed by atoms with Gasteiger partial charge in [-0.15, -0.1) is 0 Å². The molecule has 1 fully saturated rings. The molecule has 1 saturated heterocycles. The van der Waals surface area contributed by atoms with Crippen molar-refractivity contribution >= 4 is 6.16 Å². The Labute approximate surface area is 58.1 Å². The number of hydrogen-bond donors (Lipinski definition) is 0. The maximum absolute atomic E-state index is 13.1. The van der Waals surface area contributed by atoms with Crippen LogP contribution in [0.3, 0.4) is 0 Å². The van der Waals surface area contributed by atoms with Crippen LogP contribution in [0.2, 0.25) is 0 Å². The van der Waals surface area contributed by atoms with Crippen LogP contribution in [0, 0.1) is 0 Å². The van der Waals surface area contributed by atoms with Gasteiger partial charge in [-0.05, 0) is 13.8 Å². The van der Waals surface area contributed by atoms with Gasteiger partial charge in [0.15, 0.2) is 5.60 Å². The van der Waals surface area contributed by atoms with Gasteiger partial charge < -0.3 is 9.47 Å². The van der Waals surface area contributed by atoms with E-state index in [4.69, 9.17) is 0 Å². The molecule has 0 aromatic carbocycles. The Morgan fingerprint density at radius 1 is 1.30 bits per heavy atom. The van der Waals surface area contributed by atoms with Gasteiger partial charge in [-0.2, -0.15) is 4.39 Å². The summed E-state index contributed by atoms with van der Waals surface area (Å²) in [7, 11) is 0. The molecule has 1 heterocycles. The summed E-state index contributed by atoms with van der Waals surface area (Å²) in [5.41, 5.74) is -1.18. The molecule has 1 rings (SSSR count). The van der Waals surface area contributed by atoms with Crippen molar-refractivity contribution in [1.82, 2.24) is 0 Å². The molecule has 10 heavy (non-hydrogen) atoms. The third-order valence-electron chi connectivity index (χ3n) is 1.69. The lowest BCUT2D eigenvalue weighted by Gasteiger charge is -2.23. The second kappa shape index (κ2) is 1.62. The van der Waals surface area contributed by atoms with Crippen LogP contribution in [0.15, 0.2) is 0 Å². The molecule has 58 valence electrons. The van der Waals surface area contributed by atoms with Crippen molar-refractivity contribution < 1.29 is 18.7 Å². The molecule has 1 atom stereocenters. The van der Waals surface area contributed by atoms with Gasteiger partial charge in [0.25, 0.3) is 5.85 Å². The Balaban J connectivity index is 2.88. The predicted molar refractivity (Wildman–Crippen MR) is 31.2 cm³/mol. The zero-order valence-corrected chi connectivity index (χ0v) is 6.10. The molecule has 0 saturated carbocycles. The number of cyclic esters (lactones) is 2. The van der Waals surface area contributed by atoms with Crippen molar-refractivity contribution in [1.29, 1.82) is 0 Å². The van der Waals surface area contributed by atoms with E-state index < -0.39 is 17.6 Å². The first kappa shape index (κ1) is 7.31. The molecule has 3 nitrogen and oxygen atoms in total. The highest BCUT2D eigenvalue weighted by Gasteiger charge is 2.55. The van der Waals surface area contributed by atoms with Crippen LogP contribution in [0.1, 0.15) is 20.8 Å². The summed E-state index contributed by atoms with van der Waals surface area (Å²) in [6, 6.07) is 0. The molecule has 0 N–H and O–H groups in total. The zero-order chi connectivity index (χ0) is 7.99. The second-order valence-electron chi connectivity index (χ2n) is 2.88. The lowest BCUT2D eigenvalue weighted by Crippen LogP contribution is -2.40. The topological polar surface area (TPSA) is 35.5 Å². The summed E-state index contributed by atoms with van der Waals surface area (Å²) >= 11 is 0. The van der Waals surface area contributed by atoms with E-state index in [1.54, 1.807) is 0 Å². The minimum atomic E-state index is -2.01. The van der Waals surface area contributed by atoms with Gasteiger partial charge in [0, 0.05) is 6.92 Å². The molecule has 0 aliphatic carbocycles. The molecule has 0 bridgehead atoms. The summed E-state index contributed by atoms with van der Waals surface area (Å²) in [6.45, 7) is 4.08. The number of alkyl halides is 1. The van der Waals surface area contributed by atoms with Gasteiger partial charge >= 0.3 is 6.16 Å². The zero-order valence-electron chi connectivity index (χ0n) is 6.10. The smallest absolute Gasteiger partial charge is 0.421 e. The highest BCUT2D eigenvalue weighted by atomic mass is 19.2. The lowest BCUT2D eigenvalue weighted by atomic mass is 10.0. The van der Waals surface area contributed by atoms with Crippen molar-refractivity contribution in [3.8, 4) is 0 Å². The quantitative estimate of drug-likeness (QED) is 0.489. The average molecular weight is 148 g/mol. The molecule has 0 aromatic heterocycles. The maximum atomic E-state index is 13.1. The van der Waals surface area contributed by atoms with Gasteiger partial charge in [-0.25, -0.2) is 4.79 Å². The number of halogens is 1. The van der Waals surface area contributed by atoms with E-state index in [2.05, 4.69) is 9.47 Å². The van der Waals surface area contributed by atoms with Gasteiger partial charge in [0.2, 0.25) is 0 Å². The highest BCUT2D eigenvalue weighted by molar-refractivity contribution is 5.63. The molecular formula is C6H9FO3. The minimum Gasteiger partial charge on any atom is -0.421 e. The van der Waals surface area contributed by atoms with E-state index in [9.17, 15) is 9.18 Å². The Morgan fingerprint density at radius 2 is 1.80 bits per heavy atom. The molecule has 1 aliphatic heterocycles. The molecule has 1 unspecified atom stereocenters. The van der Waals surface area contributed by atoms with Crippen LogP contribution in [-0.4, -0.2) is 17.6 Å². The van der Waals surface area contributed by atoms with Gasteiger partial charge in [-0.1, -0.05) is 0 Å². The van der Waals surface area contributed by atoms with Crippen molar-refractivity contribution in [2.75, 3.05) is 0 Å². The first-order valence-corrected chi connectivity index (χ1v) is 2.96. The lowest BCUT2D eigenvalue weighted by molar-refractivity contribution is -0.114. The van der Waals surface area contributed by atoms with E-state index in [1.165, 1.54) is 13.8 Å². The maximum Gasteiger partial charge on any atom is 0.511 e. The Morgan fingerprint density at radius 3 is 1.90 bits per heavy atom. The van der Waals surface area contributed by atoms with E-state index in [1.807, 2.05) is 0 Å². The molecule has 0 radical (unpaired) electrons. The summed E-state index contributed by atoms with van der Waals surface area (Å²) in [4.78, 5) is 10.4. The fourth-order valence-corrected chi connectivity index (χ4v) is 0.600. The molecular weight excluding hydrogens is 139 g/mol. The number of carbonyl (C=O) groups is 1. The Bertz CT molecular complexity index is 156. The first-order chi connectivity index (χ1) is 4.35. The molecule has 4 heteroatoms. The van der Waals surface area contributed by atoms with Crippen LogP contribution in [0.4, 0.5) is 9.18 Å². The van der Waals surface area contributed by atoms with Crippen LogP contribution in [0.25, 0.3) is 0 Å². The fraction of sp³-hybridized carbons (Fsp3) is 0.833. The normalized spacial score (nSPS) is 37.0. The van der Waals surface area contributed by atoms with Gasteiger partial charge in [-0.3, -0.25) is 0 Å². The third-order valence-corrected chi connectivity index (χ3v) is 1.69. The second-order valence-corrected chi connectivity index (χ2v) is 2.88. The van der Waals surface area contributed by atoms with Crippen LogP contribution in [0.5, 0.6) is 0 Å². The van der Waals surface area contributed by atoms with Crippen LogP contribution in [-0.2, 0) is 9.47 Å². The summed E-state index contributed by atoms with van der Waals surface area (Å²) in [5, 5.41) is 0. The SMILES string of the molecule is CC1(C)OC(=O)OC1(C)F. The third kappa shape index (κ3) is 0.836. The number of hydrogen-bond acceptors (Lipinski definition) is 3. The number of carbonyl (C=O) groups excluding carboxylic acids is 1. The molecule has 0 amide bonds. The molecule has 1 aliphatic rings. The monoisotopic (exact) mass is 148 g/mol. The fourth-order valence-electron chi connectivity index (χ4n) is 0.600. The Hall–Kier alpha value is -0.800. The standard InChI is InChI=1S/C6H9FO3/c1-5(2)6(3,7)10-4(8)9-5/h1-3H3. The van der Waals surface area contributed by atoms with Crippen molar-refractivity contribution in [2.45, 2.75) is 32.2 Å². The summed E-state index contributed by atoms with van der Waals surface area (Å²) in [6.07, 6.45) is -0.949. The van der Waals surface area contributed by atoms with E-state index >= 15 is 0 Å². The molecule has 0 spiro atoms. The average Bonchev–Trinajstić information content (AvgIpc) is 1.73. The summed E-state index contributed by atoms with van der Waals surface area (Å²) in [5.74, 6) is -2.01.